The zero-order valence-corrected chi connectivity index (χ0v) is 14.0. The lowest BCUT2D eigenvalue weighted by atomic mass is 10.0. The highest BCUT2D eigenvalue weighted by atomic mass is 16.5. The van der Waals surface area contributed by atoms with E-state index >= 15 is 0 Å². The van der Waals surface area contributed by atoms with E-state index < -0.39 is 0 Å². The van der Waals surface area contributed by atoms with Crippen LogP contribution in [0.3, 0.4) is 0 Å². The first-order chi connectivity index (χ1) is 12.3. The Kier molecular flexibility index (Phi) is 4.47. The van der Waals surface area contributed by atoms with Crippen LogP contribution < -0.4 is 0 Å². The molecule has 1 aliphatic heterocycles. The number of amides is 1. The van der Waals surface area contributed by atoms with E-state index in [0.29, 0.717) is 32.7 Å². The molecule has 1 aromatic carbocycles. The van der Waals surface area contributed by atoms with Crippen molar-refractivity contribution in [2.75, 3.05) is 19.8 Å². The number of fused-ring (bicyclic) bond motifs is 1. The molecule has 1 fully saturated rings. The van der Waals surface area contributed by atoms with Gasteiger partial charge in [-0.25, -0.2) is 4.98 Å². The lowest BCUT2D eigenvalue weighted by Crippen LogP contribution is -2.49. The molecular weight excluding hydrogens is 318 g/mol. The average molecular weight is 339 g/mol. The van der Waals surface area contributed by atoms with E-state index in [1.807, 2.05) is 23.2 Å². The van der Waals surface area contributed by atoms with E-state index in [1.54, 1.807) is 11.0 Å². The van der Waals surface area contributed by atoms with Gasteiger partial charge in [0.15, 0.2) is 0 Å². The van der Waals surface area contributed by atoms with Gasteiger partial charge in [-0.1, -0.05) is 18.2 Å². The lowest BCUT2D eigenvalue weighted by molar-refractivity contribution is -0.140. The van der Waals surface area contributed by atoms with E-state index in [9.17, 15) is 4.79 Å². The summed E-state index contributed by atoms with van der Waals surface area (Å²) in [6.07, 6.45) is 6.37. The van der Waals surface area contributed by atoms with Gasteiger partial charge in [0, 0.05) is 30.1 Å². The number of nitrogens with zero attached hydrogens (tertiary/aromatic N) is 4. The Hall–Kier alpha value is -2.67. The van der Waals surface area contributed by atoms with Gasteiger partial charge in [-0.2, -0.15) is 5.10 Å². The minimum absolute atomic E-state index is 0.0659. The summed E-state index contributed by atoms with van der Waals surface area (Å²) < 4.78 is 7.33. The fraction of sp³-hybridized carbons (Fsp3) is 0.389. The van der Waals surface area contributed by atoms with E-state index in [4.69, 9.17) is 4.74 Å². The summed E-state index contributed by atoms with van der Waals surface area (Å²) in [6.45, 7) is 2.37. The Bertz CT molecular complexity index is 842. The smallest absolute Gasteiger partial charge is 0.224 e. The second kappa shape index (κ2) is 7.06. The summed E-state index contributed by atoms with van der Waals surface area (Å²) in [5.74, 6) is 0.142. The fourth-order valence-corrected chi connectivity index (χ4v) is 3.41. The number of morpholine rings is 1. The molecule has 1 atom stereocenters. The van der Waals surface area contributed by atoms with Crippen LogP contribution in [0.2, 0.25) is 0 Å². The Balaban J connectivity index is 1.46. The van der Waals surface area contributed by atoms with Crippen molar-refractivity contribution in [3.8, 4) is 0 Å². The number of aryl methyl sites for hydroxylation is 1. The molecule has 1 aliphatic rings. The number of carbonyl (C=O) groups is 1. The van der Waals surface area contributed by atoms with Gasteiger partial charge in [0.2, 0.25) is 5.91 Å². The normalized spacial score (nSPS) is 17.9. The molecule has 2 aromatic heterocycles. The second-order valence-electron chi connectivity index (χ2n) is 6.29. The van der Waals surface area contributed by atoms with Crippen LogP contribution >= 0.6 is 0 Å². The van der Waals surface area contributed by atoms with Crippen LogP contribution in [0.5, 0.6) is 0 Å². The third kappa shape index (κ3) is 3.41. The summed E-state index contributed by atoms with van der Waals surface area (Å²) in [5, 5.41) is 5.26. The van der Waals surface area contributed by atoms with Gasteiger partial charge in [-0.3, -0.25) is 9.48 Å². The van der Waals surface area contributed by atoms with E-state index in [2.05, 4.69) is 27.2 Å². The largest absolute Gasteiger partial charge is 0.377 e. The van der Waals surface area contributed by atoms with Crippen molar-refractivity contribution in [1.29, 1.82) is 0 Å². The Morgan fingerprint density at radius 2 is 2.28 bits per heavy atom. The maximum atomic E-state index is 12.7. The number of hydrogen-bond donors (Lipinski definition) is 1. The van der Waals surface area contributed by atoms with Crippen molar-refractivity contribution in [2.24, 2.45) is 0 Å². The van der Waals surface area contributed by atoms with Crippen LogP contribution in [-0.4, -0.2) is 56.4 Å². The van der Waals surface area contributed by atoms with Crippen LogP contribution in [-0.2, 0) is 22.5 Å². The van der Waals surface area contributed by atoms with Crippen LogP contribution in [0.1, 0.15) is 12.0 Å². The summed E-state index contributed by atoms with van der Waals surface area (Å²) in [7, 11) is 0. The van der Waals surface area contributed by atoms with Crippen molar-refractivity contribution >= 4 is 16.8 Å². The minimum Gasteiger partial charge on any atom is -0.377 e. The number of para-hydroxylation sites is 1. The number of H-pyrrole nitrogens is 1. The van der Waals surface area contributed by atoms with Crippen LogP contribution in [0.15, 0.2) is 43.1 Å². The van der Waals surface area contributed by atoms with Crippen molar-refractivity contribution in [3.63, 3.8) is 0 Å². The van der Waals surface area contributed by atoms with Gasteiger partial charge in [0.1, 0.15) is 12.7 Å². The second-order valence-corrected chi connectivity index (χ2v) is 6.29. The highest BCUT2D eigenvalue weighted by molar-refractivity contribution is 5.83. The molecule has 7 heteroatoms. The summed E-state index contributed by atoms with van der Waals surface area (Å²) in [6, 6.07) is 8.31. The predicted octanol–water partition coefficient (Wildman–Crippen LogP) is 1.62. The third-order valence-corrected chi connectivity index (χ3v) is 4.70. The summed E-state index contributed by atoms with van der Waals surface area (Å²) in [4.78, 5) is 21.9. The fourth-order valence-electron chi connectivity index (χ4n) is 3.41. The molecule has 3 aromatic rings. The number of nitrogens with one attached hydrogen (secondary N) is 1. The molecule has 3 heterocycles. The number of aromatic amines is 1. The van der Waals surface area contributed by atoms with E-state index in [0.717, 1.165) is 11.9 Å². The van der Waals surface area contributed by atoms with Crippen molar-refractivity contribution < 1.29 is 9.53 Å². The number of aromatic nitrogens is 4. The van der Waals surface area contributed by atoms with Crippen LogP contribution in [0.4, 0.5) is 0 Å². The Labute approximate surface area is 145 Å². The topological polar surface area (TPSA) is 76.0 Å². The molecular formula is C18H21N5O2. The van der Waals surface area contributed by atoms with Gasteiger partial charge in [-0.15, -0.1) is 0 Å². The summed E-state index contributed by atoms with van der Waals surface area (Å²) >= 11 is 0. The lowest BCUT2D eigenvalue weighted by Gasteiger charge is -2.35. The summed E-state index contributed by atoms with van der Waals surface area (Å²) in [5.41, 5.74) is 2.35. The number of rotatable bonds is 5. The van der Waals surface area contributed by atoms with Crippen LogP contribution in [0, 0.1) is 0 Å². The highest BCUT2D eigenvalue weighted by Crippen LogP contribution is 2.22. The highest BCUT2D eigenvalue weighted by Gasteiger charge is 2.27. The number of hydrogen-bond acceptors (Lipinski definition) is 4. The zero-order chi connectivity index (χ0) is 17.1. The van der Waals surface area contributed by atoms with Gasteiger partial charge in [0.05, 0.1) is 25.8 Å². The number of benzene rings is 1. The molecule has 25 heavy (non-hydrogen) atoms. The number of carbonyl (C=O) groups excluding carboxylic acids is 1. The third-order valence-electron chi connectivity index (χ3n) is 4.70. The molecule has 1 unspecified atom stereocenters. The maximum absolute atomic E-state index is 12.7. The predicted molar refractivity (Wildman–Crippen MR) is 93.0 cm³/mol. The molecule has 1 N–H and O–H groups in total. The monoisotopic (exact) mass is 339 g/mol. The van der Waals surface area contributed by atoms with Gasteiger partial charge in [-0.05, 0) is 18.1 Å². The first kappa shape index (κ1) is 15.8. The SMILES string of the molecule is O=C(CCn1cncn1)N1CCOCC1Cc1c[nH]c2ccccc12. The molecule has 1 saturated heterocycles. The molecule has 7 nitrogen and oxygen atoms in total. The Morgan fingerprint density at radius 3 is 3.16 bits per heavy atom. The standard InChI is InChI=1S/C18H21N5O2/c24-18(5-6-22-13-19-12-21-22)23-7-8-25-11-15(23)9-14-10-20-17-4-2-1-3-16(14)17/h1-4,10,12-13,15,20H,5-9,11H2. The van der Waals surface area contributed by atoms with Gasteiger partial charge < -0.3 is 14.6 Å². The van der Waals surface area contributed by atoms with Crippen molar-refractivity contribution in [2.45, 2.75) is 25.4 Å². The molecule has 0 bridgehead atoms. The molecule has 0 radical (unpaired) electrons. The molecule has 1 amide bonds. The quantitative estimate of drug-likeness (QED) is 0.766. The zero-order valence-electron chi connectivity index (χ0n) is 14.0. The van der Waals surface area contributed by atoms with Gasteiger partial charge in [0.25, 0.3) is 0 Å². The number of ether oxygens (including phenoxy) is 1. The van der Waals surface area contributed by atoms with Crippen molar-refractivity contribution in [3.05, 3.63) is 48.7 Å². The first-order valence-corrected chi connectivity index (χ1v) is 8.56. The first-order valence-electron chi connectivity index (χ1n) is 8.56. The molecule has 4 rings (SSSR count). The van der Waals surface area contributed by atoms with Crippen molar-refractivity contribution in [1.82, 2.24) is 24.6 Å². The van der Waals surface area contributed by atoms with E-state index in [-0.39, 0.29) is 11.9 Å². The maximum Gasteiger partial charge on any atom is 0.224 e. The molecule has 0 aliphatic carbocycles. The Morgan fingerprint density at radius 1 is 1.36 bits per heavy atom. The molecule has 130 valence electrons. The average Bonchev–Trinajstić information content (AvgIpc) is 3.30. The minimum atomic E-state index is 0.0659. The van der Waals surface area contributed by atoms with Gasteiger partial charge >= 0.3 is 0 Å². The molecule has 0 saturated carbocycles. The van der Waals surface area contributed by atoms with E-state index in [1.165, 1.54) is 17.3 Å². The molecule has 0 spiro atoms. The van der Waals surface area contributed by atoms with Crippen LogP contribution in [0.25, 0.3) is 10.9 Å².